The molecule has 0 aromatic carbocycles. The van der Waals surface area contributed by atoms with Crippen molar-refractivity contribution < 1.29 is 4.79 Å². The molecule has 0 aliphatic heterocycles. The molecule has 0 aliphatic rings. The first kappa shape index (κ1) is 13.2. The summed E-state index contributed by atoms with van der Waals surface area (Å²) in [5.74, 6) is 0.0487. The van der Waals surface area contributed by atoms with Gasteiger partial charge in [-0.05, 0) is 30.7 Å². The zero-order valence-electron chi connectivity index (χ0n) is 10.8. The van der Waals surface area contributed by atoms with Crippen LogP contribution >= 0.6 is 0 Å². The number of carbonyl (C=O) groups is 1. The maximum absolute atomic E-state index is 11.9. The van der Waals surface area contributed by atoms with Crippen LogP contribution in [0.25, 0.3) is 5.69 Å². The van der Waals surface area contributed by atoms with Gasteiger partial charge in [0, 0.05) is 25.1 Å². The van der Waals surface area contributed by atoms with Crippen molar-refractivity contribution in [2.45, 2.75) is 6.92 Å². The molecule has 2 rings (SSSR count). The van der Waals surface area contributed by atoms with E-state index in [1.54, 1.807) is 29.2 Å². The minimum Gasteiger partial charge on any atom is -0.350 e. The third-order valence-corrected chi connectivity index (χ3v) is 2.76. The lowest BCUT2D eigenvalue weighted by molar-refractivity contribution is 0.0943. The molecule has 2 heterocycles. The first-order valence-electron chi connectivity index (χ1n) is 6.15. The topological polar surface area (TPSA) is 85.8 Å². The van der Waals surface area contributed by atoms with E-state index in [9.17, 15) is 4.79 Å². The Balaban J connectivity index is 2.08. The van der Waals surface area contributed by atoms with Gasteiger partial charge in [0.25, 0.3) is 5.91 Å². The molecule has 0 radical (unpaired) electrons. The van der Waals surface area contributed by atoms with Crippen molar-refractivity contribution in [3.63, 3.8) is 0 Å². The Bertz CT molecular complexity index is 538. The summed E-state index contributed by atoms with van der Waals surface area (Å²) >= 11 is 0. The van der Waals surface area contributed by atoms with Gasteiger partial charge in [0.1, 0.15) is 5.69 Å². The van der Waals surface area contributed by atoms with Crippen LogP contribution < -0.4 is 11.1 Å². The molecular formula is C13H17N5O. The summed E-state index contributed by atoms with van der Waals surface area (Å²) in [6.45, 7) is 3.07. The van der Waals surface area contributed by atoms with Crippen molar-refractivity contribution in [3.05, 3.63) is 42.5 Å². The molecule has 6 heteroatoms. The van der Waals surface area contributed by atoms with Gasteiger partial charge in [0.05, 0.1) is 5.69 Å². The Kier molecular flexibility index (Phi) is 4.25. The van der Waals surface area contributed by atoms with Crippen molar-refractivity contribution in [1.29, 1.82) is 0 Å². The third-order valence-electron chi connectivity index (χ3n) is 2.76. The van der Waals surface area contributed by atoms with Crippen LogP contribution in [0, 0.1) is 5.92 Å². The standard InChI is InChI=1S/C13H17N5O/c1-10(8-14)9-16-13(19)12-7-11(3-5-15-12)18-6-2-4-17-18/h2-7,10H,8-9,14H2,1H3,(H,16,19). The monoisotopic (exact) mass is 259 g/mol. The highest BCUT2D eigenvalue weighted by molar-refractivity contribution is 5.92. The molecule has 2 aromatic heterocycles. The average molecular weight is 259 g/mol. The molecular weight excluding hydrogens is 242 g/mol. The van der Waals surface area contributed by atoms with E-state index in [0.29, 0.717) is 18.8 Å². The highest BCUT2D eigenvalue weighted by Gasteiger charge is 2.09. The minimum absolute atomic E-state index is 0.200. The molecule has 2 aromatic rings. The minimum atomic E-state index is -0.200. The van der Waals surface area contributed by atoms with Gasteiger partial charge >= 0.3 is 0 Å². The van der Waals surface area contributed by atoms with E-state index in [0.717, 1.165) is 5.69 Å². The molecule has 1 unspecified atom stereocenters. The van der Waals surface area contributed by atoms with E-state index in [1.165, 1.54) is 0 Å². The SMILES string of the molecule is CC(CN)CNC(=O)c1cc(-n2cccn2)ccn1. The molecule has 0 aliphatic carbocycles. The molecule has 0 bridgehead atoms. The average Bonchev–Trinajstić information content (AvgIpc) is 2.98. The Morgan fingerprint density at radius 3 is 3.05 bits per heavy atom. The maximum atomic E-state index is 11.9. The van der Waals surface area contributed by atoms with Crippen molar-refractivity contribution in [1.82, 2.24) is 20.1 Å². The number of nitrogens with two attached hydrogens (primary N) is 1. The fraction of sp³-hybridized carbons (Fsp3) is 0.308. The van der Waals surface area contributed by atoms with Crippen molar-refractivity contribution in [3.8, 4) is 5.69 Å². The quantitative estimate of drug-likeness (QED) is 0.823. The van der Waals surface area contributed by atoms with Gasteiger partial charge in [-0.1, -0.05) is 6.92 Å². The molecule has 0 saturated heterocycles. The summed E-state index contributed by atoms with van der Waals surface area (Å²) in [6.07, 6.45) is 5.09. The number of pyridine rings is 1. The van der Waals surface area contributed by atoms with Crippen molar-refractivity contribution >= 4 is 5.91 Å². The van der Waals surface area contributed by atoms with E-state index >= 15 is 0 Å². The van der Waals surface area contributed by atoms with Crippen LogP contribution in [0.4, 0.5) is 0 Å². The normalized spacial score (nSPS) is 12.1. The lowest BCUT2D eigenvalue weighted by atomic mass is 10.2. The number of hydrogen-bond acceptors (Lipinski definition) is 4. The van der Waals surface area contributed by atoms with Gasteiger partial charge in [-0.3, -0.25) is 9.78 Å². The predicted octanol–water partition coefficient (Wildman–Crippen LogP) is 0.592. The van der Waals surface area contributed by atoms with Crippen LogP contribution in [0.1, 0.15) is 17.4 Å². The van der Waals surface area contributed by atoms with E-state index in [4.69, 9.17) is 5.73 Å². The number of carbonyl (C=O) groups excluding carboxylic acids is 1. The Hall–Kier alpha value is -2.21. The summed E-state index contributed by atoms with van der Waals surface area (Å²) in [5.41, 5.74) is 6.68. The summed E-state index contributed by atoms with van der Waals surface area (Å²) in [7, 11) is 0. The summed E-state index contributed by atoms with van der Waals surface area (Å²) < 4.78 is 1.68. The molecule has 0 fully saturated rings. The van der Waals surface area contributed by atoms with Crippen LogP contribution in [-0.2, 0) is 0 Å². The summed E-state index contributed by atoms with van der Waals surface area (Å²) in [6, 6.07) is 5.32. The lowest BCUT2D eigenvalue weighted by Crippen LogP contribution is -2.31. The molecule has 1 amide bonds. The second-order valence-corrected chi connectivity index (χ2v) is 4.40. The number of nitrogens with one attached hydrogen (secondary N) is 1. The second-order valence-electron chi connectivity index (χ2n) is 4.40. The van der Waals surface area contributed by atoms with E-state index < -0.39 is 0 Å². The highest BCUT2D eigenvalue weighted by Crippen LogP contribution is 2.07. The number of amides is 1. The van der Waals surface area contributed by atoms with Gasteiger partial charge < -0.3 is 11.1 Å². The number of nitrogens with zero attached hydrogens (tertiary/aromatic N) is 3. The Morgan fingerprint density at radius 2 is 2.37 bits per heavy atom. The molecule has 1 atom stereocenters. The molecule has 3 N–H and O–H groups in total. The first-order valence-corrected chi connectivity index (χ1v) is 6.15. The third kappa shape index (κ3) is 3.38. The molecule has 100 valence electrons. The number of hydrogen-bond donors (Lipinski definition) is 2. The summed E-state index contributed by atoms with van der Waals surface area (Å²) in [4.78, 5) is 16.0. The van der Waals surface area contributed by atoms with E-state index in [2.05, 4.69) is 15.4 Å². The zero-order valence-corrected chi connectivity index (χ0v) is 10.8. The van der Waals surface area contributed by atoms with Crippen LogP contribution in [0.2, 0.25) is 0 Å². The van der Waals surface area contributed by atoms with Gasteiger partial charge in [-0.15, -0.1) is 0 Å². The lowest BCUT2D eigenvalue weighted by Gasteiger charge is -2.10. The summed E-state index contributed by atoms with van der Waals surface area (Å²) in [5, 5.41) is 6.93. The van der Waals surface area contributed by atoms with Crippen LogP contribution in [-0.4, -0.2) is 33.8 Å². The van der Waals surface area contributed by atoms with Gasteiger partial charge in [-0.25, -0.2) is 4.68 Å². The Labute approximate surface area is 111 Å². The maximum Gasteiger partial charge on any atom is 0.269 e. The van der Waals surface area contributed by atoms with Crippen LogP contribution in [0.3, 0.4) is 0 Å². The number of aromatic nitrogens is 3. The molecule has 6 nitrogen and oxygen atoms in total. The zero-order chi connectivity index (χ0) is 13.7. The highest BCUT2D eigenvalue weighted by atomic mass is 16.1. The fourth-order valence-corrected chi connectivity index (χ4v) is 1.55. The molecule has 0 spiro atoms. The van der Waals surface area contributed by atoms with Gasteiger partial charge in [0.2, 0.25) is 0 Å². The smallest absolute Gasteiger partial charge is 0.269 e. The number of rotatable bonds is 5. The van der Waals surface area contributed by atoms with Crippen LogP contribution in [0.15, 0.2) is 36.8 Å². The fourth-order valence-electron chi connectivity index (χ4n) is 1.55. The van der Waals surface area contributed by atoms with Crippen LogP contribution in [0.5, 0.6) is 0 Å². The molecule has 0 saturated carbocycles. The van der Waals surface area contributed by atoms with Crippen molar-refractivity contribution in [2.24, 2.45) is 11.7 Å². The van der Waals surface area contributed by atoms with E-state index in [-0.39, 0.29) is 11.8 Å². The van der Waals surface area contributed by atoms with Crippen molar-refractivity contribution in [2.75, 3.05) is 13.1 Å². The molecule has 19 heavy (non-hydrogen) atoms. The van der Waals surface area contributed by atoms with Gasteiger partial charge in [0.15, 0.2) is 0 Å². The predicted molar refractivity (Wildman–Crippen MR) is 71.9 cm³/mol. The van der Waals surface area contributed by atoms with E-state index in [1.807, 2.05) is 19.2 Å². The second kappa shape index (κ2) is 6.10. The largest absolute Gasteiger partial charge is 0.350 e. The Morgan fingerprint density at radius 1 is 1.53 bits per heavy atom. The van der Waals surface area contributed by atoms with Gasteiger partial charge in [-0.2, -0.15) is 5.10 Å². The first-order chi connectivity index (χ1) is 9.20.